The van der Waals surface area contributed by atoms with E-state index in [4.69, 9.17) is 4.74 Å². The minimum atomic E-state index is -0.697. The van der Waals surface area contributed by atoms with Crippen LogP contribution in [0.2, 0.25) is 0 Å². The summed E-state index contributed by atoms with van der Waals surface area (Å²) in [6.45, 7) is 8.17. The van der Waals surface area contributed by atoms with Gasteiger partial charge in [-0.3, -0.25) is 14.4 Å². The third kappa shape index (κ3) is 3.43. The second kappa shape index (κ2) is 8.37. The van der Waals surface area contributed by atoms with Crippen molar-refractivity contribution >= 4 is 35.2 Å². The first-order valence-corrected chi connectivity index (χ1v) is 12.2. The fraction of sp³-hybridized carbons (Fsp3) is 0.625. The standard InChI is InChI=1S/C24H32N2O5S/c1-5-31-22(30)18-17-21(29)26(11-6-12-27)19(24(17)10-9-23(18,4)32-24)20(28)25-16-13-14(2)7-8-15(16)3/h7-8,13,17-19,27H,5-6,9-12H2,1-4H3,(H,25,28)/t17-,18-,19?,23+,24?/m0/s1. The molecule has 7 nitrogen and oxygen atoms in total. The summed E-state index contributed by atoms with van der Waals surface area (Å²) in [6, 6.07) is 5.19. The van der Waals surface area contributed by atoms with Gasteiger partial charge in [0.2, 0.25) is 11.8 Å². The highest BCUT2D eigenvalue weighted by Gasteiger charge is 2.77. The van der Waals surface area contributed by atoms with E-state index in [2.05, 4.69) is 5.32 Å². The van der Waals surface area contributed by atoms with Gasteiger partial charge in [0.1, 0.15) is 6.04 Å². The number of fused-ring (bicyclic) bond motifs is 1. The van der Waals surface area contributed by atoms with Gasteiger partial charge in [-0.2, -0.15) is 0 Å². The molecule has 1 aromatic carbocycles. The first-order valence-electron chi connectivity index (χ1n) is 11.3. The van der Waals surface area contributed by atoms with E-state index in [1.54, 1.807) is 23.6 Å². The molecule has 0 aliphatic carbocycles. The average Bonchev–Trinajstić information content (AvgIpc) is 3.30. The summed E-state index contributed by atoms with van der Waals surface area (Å²) in [5, 5.41) is 12.5. The Morgan fingerprint density at radius 1 is 1.31 bits per heavy atom. The fourth-order valence-corrected chi connectivity index (χ4v) is 8.21. The largest absolute Gasteiger partial charge is 0.466 e. The number of aliphatic hydroxyl groups excluding tert-OH is 1. The van der Waals surface area contributed by atoms with Gasteiger partial charge >= 0.3 is 5.97 Å². The maximum Gasteiger partial charge on any atom is 0.311 e. The Morgan fingerprint density at radius 3 is 2.75 bits per heavy atom. The van der Waals surface area contributed by atoms with Crippen LogP contribution in [0.4, 0.5) is 5.69 Å². The molecule has 0 saturated carbocycles. The molecule has 3 heterocycles. The minimum absolute atomic E-state index is 0.0705. The summed E-state index contributed by atoms with van der Waals surface area (Å²) in [6.07, 6.45) is 1.83. The number of hydrogen-bond acceptors (Lipinski definition) is 6. The Kier molecular flexibility index (Phi) is 6.05. The molecule has 32 heavy (non-hydrogen) atoms. The van der Waals surface area contributed by atoms with E-state index < -0.39 is 27.4 Å². The van der Waals surface area contributed by atoms with Gasteiger partial charge in [0.25, 0.3) is 0 Å². The van der Waals surface area contributed by atoms with Gasteiger partial charge in [0.15, 0.2) is 0 Å². The van der Waals surface area contributed by atoms with Gasteiger partial charge in [0.05, 0.1) is 23.2 Å². The number of nitrogens with zero attached hydrogens (tertiary/aromatic N) is 1. The first-order chi connectivity index (χ1) is 15.2. The van der Waals surface area contributed by atoms with Crippen molar-refractivity contribution in [3.8, 4) is 0 Å². The predicted molar refractivity (Wildman–Crippen MR) is 123 cm³/mol. The zero-order chi connectivity index (χ0) is 23.3. The lowest BCUT2D eigenvalue weighted by molar-refractivity contribution is -0.155. The Labute approximate surface area is 193 Å². The Balaban J connectivity index is 1.73. The van der Waals surface area contributed by atoms with Gasteiger partial charge in [0, 0.05) is 23.6 Å². The number of ether oxygens (including phenoxy) is 1. The van der Waals surface area contributed by atoms with E-state index in [9.17, 15) is 19.5 Å². The number of aryl methyl sites for hydroxylation is 2. The summed E-state index contributed by atoms with van der Waals surface area (Å²) in [4.78, 5) is 42.0. The van der Waals surface area contributed by atoms with Crippen LogP contribution in [0.25, 0.3) is 0 Å². The van der Waals surface area contributed by atoms with Crippen LogP contribution < -0.4 is 5.32 Å². The number of esters is 1. The summed E-state index contributed by atoms with van der Waals surface area (Å²) in [5.74, 6) is -1.90. The van der Waals surface area contributed by atoms with Crippen LogP contribution in [-0.4, -0.2) is 63.1 Å². The highest BCUT2D eigenvalue weighted by molar-refractivity contribution is 8.02. The summed E-state index contributed by atoms with van der Waals surface area (Å²) < 4.78 is 4.28. The number of likely N-dealkylation sites (tertiary alicyclic amines) is 1. The monoisotopic (exact) mass is 460 g/mol. The molecule has 2 amide bonds. The zero-order valence-corrected chi connectivity index (χ0v) is 20.0. The van der Waals surface area contributed by atoms with Gasteiger partial charge < -0.3 is 20.1 Å². The molecule has 3 saturated heterocycles. The number of carbonyl (C=O) groups is 3. The molecule has 1 spiro atoms. The number of anilines is 1. The van der Waals surface area contributed by atoms with E-state index in [-0.39, 0.29) is 37.5 Å². The van der Waals surface area contributed by atoms with E-state index in [1.165, 1.54) is 0 Å². The number of carbonyl (C=O) groups excluding carboxylic acids is 3. The molecule has 5 atom stereocenters. The quantitative estimate of drug-likeness (QED) is 0.608. The highest BCUT2D eigenvalue weighted by Crippen LogP contribution is 2.71. The van der Waals surface area contributed by atoms with E-state index in [0.717, 1.165) is 23.2 Å². The smallest absolute Gasteiger partial charge is 0.311 e. The topological polar surface area (TPSA) is 95.9 Å². The molecule has 1 aromatic rings. The molecule has 3 aliphatic heterocycles. The molecule has 3 aliphatic rings. The highest BCUT2D eigenvalue weighted by atomic mass is 32.2. The van der Waals surface area contributed by atoms with Crippen LogP contribution in [0.3, 0.4) is 0 Å². The molecule has 2 bridgehead atoms. The van der Waals surface area contributed by atoms with Gasteiger partial charge in [-0.1, -0.05) is 12.1 Å². The average molecular weight is 461 g/mol. The minimum Gasteiger partial charge on any atom is -0.466 e. The van der Waals surface area contributed by atoms with Crippen LogP contribution in [0.5, 0.6) is 0 Å². The predicted octanol–water partition coefficient (Wildman–Crippen LogP) is 2.67. The molecule has 0 radical (unpaired) electrons. The maximum atomic E-state index is 13.7. The first kappa shape index (κ1) is 23.1. The number of hydrogen-bond donors (Lipinski definition) is 2. The number of thioether (sulfide) groups is 1. The molecule has 4 rings (SSSR count). The van der Waals surface area contributed by atoms with Gasteiger partial charge in [-0.25, -0.2) is 0 Å². The Hall–Kier alpha value is -2.06. The Morgan fingerprint density at radius 2 is 2.06 bits per heavy atom. The van der Waals surface area contributed by atoms with E-state index in [1.807, 2.05) is 39.0 Å². The number of amides is 2. The maximum absolute atomic E-state index is 13.7. The van der Waals surface area contributed by atoms with Crippen molar-refractivity contribution in [2.45, 2.75) is 62.5 Å². The number of rotatable bonds is 7. The van der Waals surface area contributed by atoms with Gasteiger partial charge in [-0.15, -0.1) is 11.8 Å². The molecule has 174 valence electrons. The van der Waals surface area contributed by atoms with Crippen molar-refractivity contribution in [2.24, 2.45) is 11.8 Å². The third-order valence-corrected chi connectivity index (χ3v) is 9.26. The lowest BCUT2D eigenvalue weighted by atomic mass is 9.66. The van der Waals surface area contributed by atoms with Crippen LogP contribution >= 0.6 is 11.8 Å². The Bertz CT molecular complexity index is 952. The number of nitrogens with one attached hydrogen (secondary N) is 1. The third-order valence-electron chi connectivity index (χ3n) is 7.27. The second-order valence-electron chi connectivity index (χ2n) is 9.40. The lowest BCUT2D eigenvalue weighted by Gasteiger charge is -2.34. The number of aliphatic hydroxyl groups is 1. The van der Waals surface area contributed by atoms with Crippen molar-refractivity contribution in [3.05, 3.63) is 29.3 Å². The normalized spacial score (nSPS) is 32.8. The van der Waals surface area contributed by atoms with E-state index in [0.29, 0.717) is 12.8 Å². The lowest BCUT2D eigenvalue weighted by Crippen LogP contribution is -2.51. The van der Waals surface area contributed by atoms with E-state index >= 15 is 0 Å². The van der Waals surface area contributed by atoms with Gasteiger partial charge in [-0.05, 0) is 64.2 Å². The van der Waals surface area contributed by atoms with Crippen LogP contribution in [0.15, 0.2) is 18.2 Å². The summed E-state index contributed by atoms with van der Waals surface area (Å²) in [5.41, 5.74) is 2.71. The number of benzene rings is 1. The SMILES string of the molecule is CCOC(=O)[C@@H]1[C@H]2C(=O)N(CCCO)C(C(=O)Nc3cc(C)ccc3C)C23CC[C@@]1(C)S3. The molecule has 2 unspecified atom stereocenters. The second-order valence-corrected chi connectivity index (χ2v) is 11.3. The van der Waals surface area contributed by atoms with Crippen molar-refractivity contribution in [1.82, 2.24) is 4.90 Å². The molecular formula is C24H32N2O5S. The van der Waals surface area contributed by atoms with Crippen LogP contribution in [0.1, 0.15) is 44.2 Å². The molecular weight excluding hydrogens is 428 g/mol. The zero-order valence-electron chi connectivity index (χ0n) is 19.1. The van der Waals surface area contributed by atoms with Crippen molar-refractivity contribution in [1.29, 1.82) is 0 Å². The summed E-state index contributed by atoms with van der Waals surface area (Å²) in [7, 11) is 0. The van der Waals surface area contributed by atoms with Crippen molar-refractivity contribution in [2.75, 3.05) is 25.1 Å². The summed E-state index contributed by atoms with van der Waals surface area (Å²) >= 11 is 1.62. The molecule has 2 N–H and O–H groups in total. The van der Waals surface area contributed by atoms with Crippen molar-refractivity contribution < 1.29 is 24.2 Å². The molecule has 3 fully saturated rings. The molecule has 0 aromatic heterocycles. The van der Waals surface area contributed by atoms with Crippen LogP contribution in [0, 0.1) is 25.7 Å². The fourth-order valence-electron chi connectivity index (χ4n) is 5.87. The van der Waals surface area contributed by atoms with Crippen LogP contribution in [-0.2, 0) is 19.1 Å². The van der Waals surface area contributed by atoms with Crippen molar-refractivity contribution in [3.63, 3.8) is 0 Å². The molecule has 8 heteroatoms.